The highest BCUT2D eigenvalue weighted by molar-refractivity contribution is 7.90. The van der Waals surface area contributed by atoms with Crippen LogP contribution in [0.5, 0.6) is 0 Å². The van der Waals surface area contributed by atoms with E-state index in [-0.39, 0.29) is 39.6 Å². The van der Waals surface area contributed by atoms with Gasteiger partial charge in [0, 0.05) is 56.4 Å². The first kappa shape index (κ1) is 31.3. The SMILES string of the molecule is CNS(=O)(=O)Nc1nn2cccnc2c1C(=O)N[C@H](C)c1c2c3c(ccc(C#Cc4cnn(C)c4)c3c(=O)n1-c1ccccc1)N(C)C2=O. The van der Waals surface area contributed by atoms with Crippen molar-refractivity contribution >= 4 is 49.9 Å². The monoisotopic (exact) mass is 676 g/mol. The molecule has 0 aliphatic carbocycles. The molecule has 49 heavy (non-hydrogen) atoms. The van der Waals surface area contributed by atoms with Gasteiger partial charge < -0.3 is 10.2 Å². The van der Waals surface area contributed by atoms with Gasteiger partial charge in [-0.3, -0.25) is 28.4 Å². The summed E-state index contributed by atoms with van der Waals surface area (Å²) in [7, 11) is 0.539. The van der Waals surface area contributed by atoms with Crippen molar-refractivity contribution in [1.82, 2.24) is 39.0 Å². The molecule has 0 bridgehead atoms. The first-order valence-corrected chi connectivity index (χ1v) is 16.4. The Kier molecular flexibility index (Phi) is 7.50. The third-order valence-electron chi connectivity index (χ3n) is 8.17. The van der Waals surface area contributed by atoms with Crippen LogP contribution in [0.3, 0.4) is 0 Å². The van der Waals surface area contributed by atoms with Crippen molar-refractivity contribution in [3.63, 3.8) is 0 Å². The second-order valence-corrected chi connectivity index (χ2v) is 12.9. The van der Waals surface area contributed by atoms with E-state index in [0.29, 0.717) is 27.9 Å². The van der Waals surface area contributed by atoms with Gasteiger partial charge in [-0.05, 0) is 37.3 Å². The fourth-order valence-electron chi connectivity index (χ4n) is 5.96. The molecule has 2 amide bonds. The third kappa shape index (κ3) is 5.26. The van der Waals surface area contributed by atoms with Crippen molar-refractivity contribution in [2.24, 2.45) is 7.05 Å². The van der Waals surface area contributed by atoms with Gasteiger partial charge in [0.25, 0.3) is 27.6 Å². The van der Waals surface area contributed by atoms with Gasteiger partial charge in [0.2, 0.25) is 0 Å². The summed E-state index contributed by atoms with van der Waals surface area (Å²) >= 11 is 0. The molecule has 7 rings (SSSR count). The van der Waals surface area contributed by atoms with Gasteiger partial charge in [-0.1, -0.05) is 30.0 Å². The zero-order chi connectivity index (χ0) is 34.6. The Morgan fingerprint density at radius 2 is 1.78 bits per heavy atom. The van der Waals surface area contributed by atoms with Gasteiger partial charge in [-0.15, -0.1) is 5.10 Å². The van der Waals surface area contributed by atoms with Crippen LogP contribution in [0.15, 0.2) is 78.1 Å². The molecular weight excluding hydrogens is 648 g/mol. The highest BCUT2D eigenvalue weighted by Gasteiger charge is 2.37. The number of hydrogen-bond acceptors (Lipinski definition) is 8. The van der Waals surface area contributed by atoms with Crippen molar-refractivity contribution < 1.29 is 18.0 Å². The molecule has 4 aromatic heterocycles. The lowest BCUT2D eigenvalue weighted by Gasteiger charge is -2.23. The number of carbonyl (C=O) groups excluding carboxylic acids is 2. The molecular formula is C33H28N10O5S. The van der Waals surface area contributed by atoms with Gasteiger partial charge in [0.15, 0.2) is 11.5 Å². The second-order valence-electron chi connectivity index (χ2n) is 11.3. The molecule has 0 fully saturated rings. The molecule has 5 heterocycles. The largest absolute Gasteiger partial charge is 0.344 e. The number of pyridine rings is 1. The normalized spacial score (nSPS) is 13.1. The minimum absolute atomic E-state index is 0.0828. The topological polar surface area (TPSA) is 178 Å². The van der Waals surface area contributed by atoms with Gasteiger partial charge in [-0.2, -0.15) is 13.5 Å². The van der Waals surface area contributed by atoms with Crippen LogP contribution in [0.4, 0.5) is 11.5 Å². The van der Waals surface area contributed by atoms with Crippen molar-refractivity contribution in [3.8, 4) is 17.5 Å². The summed E-state index contributed by atoms with van der Waals surface area (Å²) in [6.07, 6.45) is 6.32. The third-order valence-corrected chi connectivity index (χ3v) is 9.17. The first-order valence-electron chi connectivity index (χ1n) is 14.9. The minimum Gasteiger partial charge on any atom is -0.344 e. The van der Waals surface area contributed by atoms with Crippen molar-refractivity contribution in [2.45, 2.75) is 13.0 Å². The number of nitrogens with one attached hydrogen (secondary N) is 3. The number of aryl methyl sites for hydroxylation is 1. The van der Waals surface area contributed by atoms with E-state index in [4.69, 9.17) is 0 Å². The molecule has 2 aromatic carbocycles. The lowest BCUT2D eigenvalue weighted by molar-refractivity contribution is 0.0935. The van der Waals surface area contributed by atoms with Crippen LogP contribution in [-0.4, -0.2) is 63.3 Å². The standard InChI is InChI=1S/C33H28N10O5S/c1-19(37-31(44)27-29(39-49(47,48)34-2)38-42-16-8-15-35-30(27)42)28-26-25-23(41(4)32(26)45)14-13-21(12-11-20-17-36-40(3)18-20)24(25)33(46)43(28)22-9-6-5-7-10-22/h5-10,13-19,34H,1-4H3,(H,37,44)(H,38,39)/t19-/m1/s1. The summed E-state index contributed by atoms with van der Waals surface area (Å²) in [6.45, 7) is 1.64. The Balaban J connectivity index is 1.44. The molecule has 0 saturated heterocycles. The number of anilines is 2. The van der Waals surface area contributed by atoms with Crippen molar-refractivity contribution in [1.29, 1.82) is 0 Å². The zero-order valence-electron chi connectivity index (χ0n) is 26.6. The molecule has 1 atom stereocenters. The average molecular weight is 677 g/mol. The van der Waals surface area contributed by atoms with E-state index in [9.17, 15) is 22.8 Å². The number of para-hydroxylation sites is 1. The predicted octanol–water partition coefficient (Wildman–Crippen LogP) is 2.12. The van der Waals surface area contributed by atoms with E-state index in [0.717, 1.165) is 0 Å². The maximum absolute atomic E-state index is 14.7. The highest BCUT2D eigenvalue weighted by Crippen LogP contribution is 2.40. The number of benzene rings is 2. The number of hydrogen-bond donors (Lipinski definition) is 3. The zero-order valence-corrected chi connectivity index (χ0v) is 27.4. The Morgan fingerprint density at radius 1 is 1.00 bits per heavy atom. The van der Waals surface area contributed by atoms with Gasteiger partial charge in [0.1, 0.15) is 5.56 Å². The van der Waals surface area contributed by atoms with E-state index < -0.39 is 27.7 Å². The first-order chi connectivity index (χ1) is 23.5. The van der Waals surface area contributed by atoms with Crippen LogP contribution in [0.1, 0.15) is 50.5 Å². The van der Waals surface area contributed by atoms with Crippen molar-refractivity contribution in [3.05, 3.63) is 112 Å². The smallest absolute Gasteiger partial charge is 0.300 e. The predicted molar refractivity (Wildman–Crippen MR) is 182 cm³/mol. The molecule has 6 aromatic rings. The second kappa shape index (κ2) is 11.7. The lowest BCUT2D eigenvalue weighted by atomic mass is 9.97. The molecule has 16 heteroatoms. The van der Waals surface area contributed by atoms with Crippen LogP contribution in [0.2, 0.25) is 0 Å². The molecule has 0 unspecified atom stereocenters. The molecule has 0 saturated carbocycles. The van der Waals surface area contributed by atoms with Gasteiger partial charge in [0.05, 0.1) is 40.1 Å². The van der Waals surface area contributed by atoms with E-state index in [2.05, 4.69) is 41.8 Å². The molecule has 246 valence electrons. The minimum atomic E-state index is -4.07. The van der Waals surface area contributed by atoms with Crippen LogP contribution in [0.25, 0.3) is 22.1 Å². The van der Waals surface area contributed by atoms with Crippen LogP contribution in [-0.2, 0) is 17.3 Å². The Bertz CT molecular complexity index is 2580. The van der Waals surface area contributed by atoms with Crippen LogP contribution < -0.4 is 25.2 Å². The lowest BCUT2D eigenvalue weighted by Crippen LogP contribution is -2.35. The Morgan fingerprint density at radius 3 is 2.49 bits per heavy atom. The van der Waals surface area contributed by atoms with E-state index in [1.165, 1.54) is 33.4 Å². The number of rotatable bonds is 7. The maximum Gasteiger partial charge on any atom is 0.300 e. The van der Waals surface area contributed by atoms with Crippen LogP contribution >= 0.6 is 0 Å². The Hall–Kier alpha value is -6.31. The maximum atomic E-state index is 14.7. The number of fused-ring (bicyclic) bond motifs is 1. The summed E-state index contributed by atoms with van der Waals surface area (Å²) in [5.74, 6) is 4.77. The van der Waals surface area contributed by atoms with E-state index >= 15 is 0 Å². The highest BCUT2D eigenvalue weighted by atomic mass is 32.2. The molecule has 1 aliphatic rings. The molecule has 0 radical (unpaired) electrons. The average Bonchev–Trinajstić information content (AvgIpc) is 3.75. The molecule has 0 spiro atoms. The van der Waals surface area contributed by atoms with E-state index in [1.54, 1.807) is 86.6 Å². The summed E-state index contributed by atoms with van der Waals surface area (Å²) in [5.41, 5.74) is 1.99. The number of aromatic nitrogens is 6. The summed E-state index contributed by atoms with van der Waals surface area (Å²) < 4.78 is 33.5. The summed E-state index contributed by atoms with van der Waals surface area (Å²) in [6, 6.07) is 12.8. The molecule has 3 N–H and O–H groups in total. The van der Waals surface area contributed by atoms with Gasteiger partial charge >= 0.3 is 0 Å². The van der Waals surface area contributed by atoms with E-state index in [1.807, 2.05) is 0 Å². The number of carbonyl (C=O) groups is 2. The summed E-state index contributed by atoms with van der Waals surface area (Å²) in [4.78, 5) is 48.5. The number of amides is 2. The molecule has 15 nitrogen and oxygen atoms in total. The van der Waals surface area contributed by atoms with Crippen LogP contribution in [0, 0.1) is 11.8 Å². The fourth-order valence-corrected chi connectivity index (χ4v) is 6.46. The summed E-state index contributed by atoms with van der Waals surface area (Å²) in [5, 5.41) is 11.9. The molecule has 1 aliphatic heterocycles. The van der Waals surface area contributed by atoms with Gasteiger partial charge in [-0.25, -0.2) is 14.2 Å². The fraction of sp³-hybridized carbons (Fsp3) is 0.152. The number of nitrogens with zero attached hydrogens (tertiary/aromatic N) is 7. The quantitative estimate of drug-likeness (QED) is 0.215. The van der Waals surface area contributed by atoms with Crippen molar-refractivity contribution in [2.75, 3.05) is 23.7 Å². The Labute approximate surface area is 279 Å².